The number of hydrogen-bond acceptors (Lipinski definition) is 3. The molecule has 0 radical (unpaired) electrons. The van der Waals surface area contributed by atoms with Crippen LogP contribution in [0.15, 0.2) is 23.1 Å². The van der Waals surface area contributed by atoms with Crippen molar-refractivity contribution < 1.29 is 13.5 Å². The van der Waals surface area contributed by atoms with Crippen LogP contribution in [0.2, 0.25) is 5.02 Å². The molecule has 6 heteroatoms. The molecule has 0 saturated heterocycles. The maximum atomic E-state index is 11.8. The molecule has 0 aliphatic heterocycles. The van der Waals surface area contributed by atoms with Crippen LogP contribution >= 0.6 is 11.6 Å². The van der Waals surface area contributed by atoms with E-state index in [1.54, 1.807) is 13.8 Å². The number of rotatable bonds is 4. The third-order valence-corrected chi connectivity index (χ3v) is 3.91. The van der Waals surface area contributed by atoms with E-state index in [9.17, 15) is 8.42 Å². The molecule has 0 heterocycles. The summed E-state index contributed by atoms with van der Waals surface area (Å²) in [5, 5.41) is 9.34. The molecule has 0 unspecified atom stereocenters. The van der Waals surface area contributed by atoms with Crippen molar-refractivity contribution in [2.45, 2.75) is 31.4 Å². The molecule has 1 rings (SSSR count). The lowest BCUT2D eigenvalue weighted by Crippen LogP contribution is -2.30. The van der Waals surface area contributed by atoms with E-state index in [1.165, 1.54) is 18.2 Å². The van der Waals surface area contributed by atoms with E-state index in [1.807, 2.05) is 0 Å². The third kappa shape index (κ3) is 3.18. The topological polar surface area (TPSA) is 66.4 Å². The quantitative estimate of drug-likeness (QED) is 0.866. The van der Waals surface area contributed by atoms with Crippen LogP contribution < -0.4 is 4.72 Å². The van der Waals surface area contributed by atoms with Gasteiger partial charge in [0.15, 0.2) is 0 Å². The molecule has 1 aromatic carbocycles. The molecule has 16 heavy (non-hydrogen) atoms. The normalized spacial score (nSPS) is 12.1. The smallest absolute Gasteiger partial charge is 0.240 e. The lowest BCUT2D eigenvalue weighted by Gasteiger charge is -2.10. The number of nitrogens with one attached hydrogen (secondary N) is 1. The minimum absolute atomic E-state index is 0.106. The van der Waals surface area contributed by atoms with Crippen LogP contribution in [0.5, 0.6) is 0 Å². The second-order valence-corrected chi connectivity index (χ2v) is 5.81. The average molecular weight is 264 g/mol. The fraction of sp³-hybridized carbons (Fsp3) is 0.400. The summed E-state index contributed by atoms with van der Waals surface area (Å²) in [5.41, 5.74) is 0.397. The van der Waals surface area contributed by atoms with Crippen LogP contribution in [0.25, 0.3) is 0 Å². The Hall–Kier alpha value is -0.620. The Balaban J connectivity index is 3.14. The molecule has 0 aromatic heterocycles. The Labute approximate surface area is 100 Å². The second-order valence-electron chi connectivity index (χ2n) is 3.69. The SMILES string of the molecule is CC(C)NS(=O)(=O)c1ccc(Cl)c(CO)c1. The van der Waals surface area contributed by atoms with Crippen molar-refractivity contribution in [2.24, 2.45) is 0 Å². The second kappa shape index (κ2) is 5.14. The van der Waals surface area contributed by atoms with Crippen LogP contribution in [0.4, 0.5) is 0 Å². The van der Waals surface area contributed by atoms with Gasteiger partial charge in [-0.25, -0.2) is 13.1 Å². The Kier molecular flexibility index (Phi) is 4.32. The van der Waals surface area contributed by atoms with Gasteiger partial charge in [-0.05, 0) is 37.6 Å². The van der Waals surface area contributed by atoms with Crippen LogP contribution in [-0.4, -0.2) is 19.6 Å². The summed E-state index contributed by atoms with van der Waals surface area (Å²) in [4.78, 5) is 0.106. The lowest BCUT2D eigenvalue weighted by molar-refractivity contribution is 0.281. The van der Waals surface area contributed by atoms with E-state index < -0.39 is 10.0 Å². The fourth-order valence-corrected chi connectivity index (χ4v) is 2.70. The summed E-state index contributed by atoms with van der Waals surface area (Å²) in [7, 11) is -3.53. The molecule has 0 spiro atoms. The van der Waals surface area contributed by atoms with E-state index >= 15 is 0 Å². The van der Waals surface area contributed by atoms with E-state index in [-0.39, 0.29) is 17.5 Å². The molecule has 0 amide bonds. The molecule has 0 bridgehead atoms. The molecule has 90 valence electrons. The first-order valence-corrected chi connectivity index (χ1v) is 6.64. The average Bonchev–Trinajstić information content (AvgIpc) is 2.16. The standard InChI is InChI=1S/C10H14ClNO3S/c1-7(2)12-16(14,15)9-3-4-10(11)8(5-9)6-13/h3-5,7,12-13H,6H2,1-2H3. The molecule has 0 aliphatic rings. The number of aliphatic hydroxyl groups excluding tert-OH is 1. The van der Waals surface area contributed by atoms with Crippen molar-refractivity contribution >= 4 is 21.6 Å². The summed E-state index contributed by atoms with van der Waals surface area (Å²) < 4.78 is 26.0. The Morgan fingerprint density at radius 3 is 2.56 bits per heavy atom. The summed E-state index contributed by atoms with van der Waals surface area (Å²) in [6.45, 7) is 3.19. The van der Waals surface area contributed by atoms with Crippen LogP contribution in [0, 0.1) is 0 Å². The Bertz CT molecular complexity index is 471. The summed E-state index contributed by atoms with van der Waals surface area (Å²) >= 11 is 5.78. The van der Waals surface area contributed by atoms with E-state index in [4.69, 9.17) is 16.7 Å². The molecule has 0 fully saturated rings. The number of sulfonamides is 1. The molecule has 0 aliphatic carbocycles. The first-order valence-electron chi connectivity index (χ1n) is 4.78. The predicted octanol–water partition coefficient (Wildman–Crippen LogP) is 1.52. The van der Waals surface area contributed by atoms with Crippen molar-refractivity contribution in [1.29, 1.82) is 0 Å². The minimum Gasteiger partial charge on any atom is -0.392 e. The zero-order chi connectivity index (χ0) is 12.3. The van der Waals surface area contributed by atoms with Gasteiger partial charge < -0.3 is 5.11 Å². The van der Waals surface area contributed by atoms with Gasteiger partial charge in [-0.15, -0.1) is 0 Å². The zero-order valence-electron chi connectivity index (χ0n) is 9.07. The lowest BCUT2D eigenvalue weighted by atomic mass is 10.2. The summed E-state index contributed by atoms with van der Waals surface area (Å²) in [5.74, 6) is 0. The monoisotopic (exact) mass is 263 g/mol. The maximum Gasteiger partial charge on any atom is 0.240 e. The van der Waals surface area contributed by atoms with Crippen molar-refractivity contribution in [3.8, 4) is 0 Å². The number of benzene rings is 1. The molecule has 2 N–H and O–H groups in total. The molecule has 4 nitrogen and oxygen atoms in total. The third-order valence-electron chi connectivity index (χ3n) is 1.89. The molecule has 0 atom stereocenters. The van der Waals surface area contributed by atoms with Crippen LogP contribution in [0.1, 0.15) is 19.4 Å². The molecular formula is C10H14ClNO3S. The summed E-state index contributed by atoms with van der Waals surface area (Å²) in [6.07, 6.45) is 0. The van der Waals surface area contributed by atoms with Gasteiger partial charge in [-0.1, -0.05) is 11.6 Å². The van der Waals surface area contributed by atoms with Crippen LogP contribution in [0.3, 0.4) is 0 Å². The van der Waals surface area contributed by atoms with Crippen molar-refractivity contribution in [3.05, 3.63) is 28.8 Å². The largest absolute Gasteiger partial charge is 0.392 e. The highest BCUT2D eigenvalue weighted by Crippen LogP contribution is 2.20. The maximum absolute atomic E-state index is 11.8. The van der Waals surface area contributed by atoms with Gasteiger partial charge in [0.2, 0.25) is 10.0 Å². The highest BCUT2D eigenvalue weighted by molar-refractivity contribution is 7.89. The predicted molar refractivity (Wildman–Crippen MR) is 62.8 cm³/mol. The number of halogens is 1. The first kappa shape index (κ1) is 13.4. The van der Waals surface area contributed by atoms with Gasteiger partial charge >= 0.3 is 0 Å². The minimum atomic E-state index is -3.53. The highest BCUT2D eigenvalue weighted by Gasteiger charge is 2.16. The van der Waals surface area contributed by atoms with Gasteiger partial charge in [-0.3, -0.25) is 0 Å². The van der Waals surface area contributed by atoms with E-state index in [0.29, 0.717) is 10.6 Å². The Morgan fingerprint density at radius 1 is 1.44 bits per heavy atom. The number of hydrogen-bond donors (Lipinski definition) is 2. The van der Waals surface area contributed by atoms with Crippen molar-refractivity contribution in [3.63, 3.8) is 0 Å². The van der Waals surface area contributed by atoms with E-state index in [2.05, 4.69) is 4.72 Å². The van der Waals surface area contributed by atoms with Gasteiger partial charge in [0.05, 0.1) is 11.5 Å². The molecule has 1 aromatic rings. The van der Waals surface area contributed by atoms with Gasteiger partial charge in [0.25, 0.3) is 0 Å². The summed E-state index contributed by atoms with van der Waals surface area (Å²) in [6, 6.07) is 4.06. The Morgan fingerprint density at radius 2 is 2.06 bits per heavy atom. The van der Waals surface area contributed by atoms with Crippen molar-refractivity contribution in [2.75, 3.05) is 0 Å². The van der Waals surface area contributed by atoms with Gasteiger partial charge in [0, 0.05) is 11.1 Å². The highest BCUT2D eigenvalue weighted by atomic mass is 35.5. The molecule has 0 saturated carbocycles. The first-order chi connectivity index (χ1) is 7.36. The zero-order valence-corrected chi connectivity index (χ0v) is 10.6. The molecular weight excluding hydrogens is 250 g/mol. The van der Waals surface area contributed by atoms with Gasteiger partial charge in [0.1, 0.15) is 0 Å². The van der Waals surface area contributed by atoms with Gasteiger partial charge in [-0.2, -0.15) is 0 Å². The fourth-order valence-electron chi connectivity index (χ4n) is 1.22. The van der Waals surface area contributed by atoms with Crippen molar-refractivity contribution in [1.82, 2.24) is 4.72 Å². The van der Waals surface area contributed by atoms with Crippen LogP contribution in [-0.2, 0) is 16.6 Å². The number of aliphatic hydroxyl groups is 1. The van der Waals surface area contributed by atoms with E-state index in [0.717, 1.165) is 0 Å².